The Morgan fingerprint density at radius 1 is 1.07 bits per heavy atom. The summed E-state index contributed by atoms with van der Waals surface area (Å²) >= 11 is 0. The minimum absolute atomic E-state index is 0.0132. The second-order valence-corrected chi connectivity index (χ2v) is 7.20. The van der Waals surface area contributed by atoms with Gasteiger partial charge in [-0.2, -0.15) is 0 Å². The number of hydrogen-bond donors (Lipinski definition) is 0. The fourth-order valence-electron chi connectivity index (χ4n) is 3.55. The van der Waals surface area contributed by atoms with Crippen LogP contribution in [0.3, 0.4) is 0 Å². The molecule has 1 aliphatic heterocycles. The van der Waals surface area contributed by atoms with Crippen LogP contribution in [0.1, 0.15) is 22.6 Å². The van der Waals surface area contributed by atoms with Gasteiger partial charge in [0.15, 0.2) is 11.5 Å². The van der Waals surface area contributed by atoms with E-state index in [0.29, 0.717) is 30.3 Å². The van der Waals surface area contributed by atoms with Gasteiger partial charge in [0.05, 0.1) is 27.0 Å². The highest BCUT2D eigenvalue weighted by atomic mass is 16.5. The van der Waals surface area contributed by atoms with Gasteiger partial charge in [0, 0.05) is 44.4 Å². The minimum atomic E-state index is -0.0132. The van der Waals surface area contributed by atoms with Crippen LogP contribution >= 0.6 is 0 Å². The van der Waals surface area contributed by atoms with E-state index in [1.54, 1.807) is 33.5 Å². The van der Waals surface area contributed by atoms with Crippen LogP contribution in [0.2, 0.25) is 0 Å². The van der Waals surface area contributed by atoms with Crippen LogP contribution < -0.4 is 14.2 Å². The number of piperazine rings is 1. The molecular weight excluding hydrogens is 386 g/mol. The number of rotatable bonds is 7. The molecule has 1 aliphatic rings. The van der Waals surface area contributed by atoms with Crippen molar-refractivity contribution in [2.24, 2.45) is 0 Å². The van der Waals surface area contributed by atoms with Crippen molar-refractivity contribution in [2.75, 3.05) is 47.5 Å². The summed E-state index contributed by atoms with van der Waals surface area (Å²) in [5.74, 6) is 2.48. The number of carbonyl (C=O) groups excluding carboxylic acids is 1. The van der Waals surface area contributed by atoms with Crippen molar-refractivity contribution in [1.82, 2.24) is 15.0 Å². The van der Waals surface area contributed by atoms with E-state index < -0.39 is 0 Å². The van der Waals surface area contributed by atoms with Crippen molar-refractivity contribution < 1.29 is 23.5 Å². The van der Waals surface area contributed by atoms with E-state index in [4.69, 9.17) is 18.7 Å². The molecule has 0 aliphatic carbocycles. The zero-order chi connectivity index (χ0) is 21.7. The van der Waals surface area contributed by atoms with Crippen LogP contribution in [0, 0.1) is 13.8 Å². The molecule has 0 unspecified atom stereocenters. The van der Waals surface area contributed by atoms with Crippen molar-refractivity contribution >= 4 is 12.0 Å². The Kier molecular flexibility index (Phi) is 6.99. The molecule has 0 saturated carbocycles. The smallest absolute Gasteiger partial charge is 0.246 e. The van der Waals surface area contributed by atoms with Gasteiger partial charge in [0.25, 0.3) is 0 Å². The number of benzene rings is 1. The third-order valence-corrected chi connectivity index (χ3v) is 5.35. The van der Waals surface area contributed by atoms with Gasteiger partial charge in [-0.1, -0.05) is 5.16 Å². The van der Waals surface area contributed by atoms with E-state index in [2.05, 4.69) is 10.1 Å². The second-order valence-electron chi connectivity index (χ2n) is 7.20. The van der Waals surface area contributed by atoms with Crippen molar-refractivity contribution in [3.63, 3.8) is 0 Å². The average molecular weight is 415 g/mol. The lowest BCUT2D eigenvalue weighted by molar-refractivity contribution is -0.127. The first-order chi connectivity index (χ1) is 14.5. The monoisotopic (exact) mass is 415 g/mol. The van der Waals surface area contributed by atoms with Gasteiger partial charge < -0.3 is 23.6 Å². The highest BCUT2D eigenvalue weighted by Crippen LogP contribution is 2.38. The molecule has 0 atom stereocenters. The molecule has 8 nitrogen and oxygen atoms in total. The predicted molar refractivity (Wildman–Crippen MR) is 113 cm³/mol. The molecule has 0 spiro atoms. The summed E-state index contributed by atoms with van der Waals surface area (Å²) in [7, 11) is 4.70. The zero-order valence-corrected chi connectivity index (χ0v) is 18.2. The lowest BCUT2D eigenvalue weighted by Gasteiger charge is -2.34. The number of ether oxygens (including phenoxy) is 3. The van der Waals surface area contributed by atoms with E-state index in [-0.39, 0.29) is 5.91 Å². The first-order valence-electron chi connectivity index (χ1n) is 9.88. The largest absolute Gasteiger partial charge is 0.493 e. The molecule has 2 heterocycles. The van der Waals surface area contributed by atoms with Crippen LogP contribution in [0.25, 0.3) is 6.08 Å². The molecule has 3 rings (SSSR count). The average Bonchev–Trinajstić information content (AvgIpc) is 3.09. The summed E-state index contributed by atoms with van der Waals surface area (Å²) in [6, 6.07) is 3.62. The number of nitrogens with zero attached hydrogens (tertiary/aromatic N) is 3. The van der Waals surface area contributed by atoms with Gasteiger partial charge in [0.1, 0.15) is 5.76 Å². The molecule has 0 bridgehead atoms. The minimum Gasteiger partial charge on any atom is -0.493 e. The summed E-state index contributed by atoms with van der Waals surface area (Å²) in [6.07, 6.45) is 3.35. The highest BCUT2D eigenvalue weighted by molar-refractivity contribution is 5.92. The Hall–Kier alpha value is -3.00. The molecule has 1 aromatic heterocycles. The molecule has 8 heteroatoms. The number of carbonyl (C=O) groups is 1. The van der Waals surface area contributed by atoms with Crippen molar-refractivity contribution in [1.29, 1.82) is 0 Å². The number of methoxy groups -OCH3 is 3. The van der Waals surface area contributed by atoms with Crippen LogP contribution in [0.15, 0.2) is 22.7 Å². The van der Waals surface area contributed by atoms with Crippen LogP contribution in [0.4, 0.5) is 0 Å². The van der Waals surface area contributed by atoms with Crippen molar-refractivity contribution in [2.45, 2.75) is 20.4 Å². The molecule has 0 N–H and O–H groups in total. The third kappa shape index (κ3) is 4.76. The topological polar surface area (TPSA) is 77.3 Å². The number of aromatic nitrogens is 1. The summed E-state index contributed by atoms with van der Waals surface area (Å²) in [4.78, 5) is 16.8. The van der Waals surface area contributed by atoms with E-state index in [0.717, 1.165) is 42.2 Å². The molecule has 1 fully saturated rings. The van der Waals surface area contributed by atoms with Crippen molar-refractivity contribution in [3.05, 3.63) is 40.8 Å². The summed E-state index contributed by atoms with van der Waals surface area (Å²) in [6.45, 7) is 7.68. The molecule has 1 saturated heterocycles. The summed E-state index contributed by atoms with van der Waals surface area (Å²) in [5.41, 5.74) is 2.87. The zero-order valence-electron chi connectivity index (χ0n) is 18.2. The lowest BCUT2D eigenvalue weighted by atomic mass is 10.1. The first kappa shape index (κ1) is 21.7. The van der Waals surface area contributed by atoms with Gasteiger partial charge >= 0.3 is 0 Å². The summed E-state index contributed by atoms with van der Waals surface area (Å²) < 4.78 is 21.3. The normalized spacial score (nSPS) is 14.9. The van der Waals surface area contributed by atoms with Gasteiger partial charge in [-0.3, -0.25) is 9.69 Å². The Balaban J connectivity index is 1.60. The second kappa shape index (κ2) is 9.67. The maximum atomic E-state index is 12.6. The van der Waals surface area contributed by atoms with Gasteiger partial charge in [-0.05, 0) is 37.6 Å². The van der Waals surface area contributed by atoms with Gasteiger partial charge in [-0.25, -0.2) is 0 Å². The Labute approximate surface area is 177 Å². The van der Waals surface area contributed by atoms with E-state index in [9.17, 15) is 4.79 Å². The molecule has 0 radical (unpaired) electrons. The Bertz CT molecular complexity index is 869. The van der Waals surface area contributed by atoms with Crippen LogP contribution in [-0.2, 0) is 11.3 Å². The number of aryl methyl sites for hydroxylation is 2. The number of amides is 1. The van der Waals surface area contributed by atoms with E-state index in [1.807, 2.05) is 30.9 Å². The van der Waals surface area contributed by atoms with Crippen LogP contribution in [0.5, 0.6) is 17.2 Å². The fourth-order valence-corrected chi connectivity index (χ4v) is 3.55. The van der Waals surface area contributed by atoms with Crippen molar-refractivity contribution in [3.8, 4) is 17.2 Å². The lowest BCUT2D eigenvalue weighted by Crippen LogP contribution is -2.47. The van der Waals surface area contributed by atoms with Gasteiger partial charge in [0.2, 0.25) is 11.7 Å². The predicted octanol–water partition coefficient (Wildman–Crippen LogP) is 2.67. The molecule has 1 aromatic carbocycles. The molecule has 1 amide bonds. The maximum absolute atomic E-state index is 12.6. The summed E-state index contributed by atoms with van der Waals surface area (Å²) in [5, 5.41) is 4.01. The third-order valence-electron chi connectivity index (χ3n) is 5.35. The SMILES string of the molecule is COc1cc(/C=C/C(=O)N2CCN(Cc3c(C)noc3C)CC2)cc(OC)c1OC. The molecular formula is C22H29N3O5. The Morgan fingerprint density at radius 3 is 2.20 bits per heavy atom. The first-order valence-corrected chi connectivity index (χ1v) is 9.88. The quantitative estimate of drug-likeness (QED) is 0.644. The number of hydrogen-bond acceptors (Lipinski definition) is 7. The molecule has 2 aromatic rings. The highest BCUT2D eigenvalue weighted by Gasteiger charge is 2.22. The fraction of sp³-hybridized carbons (Fsp3) is 0.455. The van der Waals surface area contributed by atoms with Gasteiger partial charge in [-0.15, -0.1) is 0 Å². The van der Waals surface area contributed by atoms with E-state index in [1.165, 1.54) is 0 Å². The van der Waals surface area contributed by atoms with E-state index >= 15 is 0 Å². The maximum Gasteiger partial charge on any atom is 0.246 e. The standard InChI is InChI=1S/C22H29N3O5/c1-15-18(16(2)30-23-15)14-24-8-10-25(11-9-24)21(26)7-6-17-12-19(27-3)22(29-5)20(13-17)28-4/h6-7,12-13H,8-11,14H2,1-5H3/b7-6+. The molecule has 30 heavy (non-hydrogen) atoms. The Morgan fingerprint density at radius 2 is 1.70 bits per heavy atom. The van der Waals surface area contributed by atoms with Crippen LogP contribution in [-0.4, -0.2) is 68.4 Å². The molecule has 162 valence electrons.